The van der Waals surface area contributed by atoms with Crippen molar-refractivity contribution in [1.29, 1.82) is 0 Å². The normalized spacial score (nSPS) is 16.1. The summed E-state index contributed by atoms with van der Waals surface area (Å²) in [5, 5.41) is 10.1. The van der Waals surface area contributed by atoms with Gasteiger partial charge in [-0.05, 0) is 25.3 Å². The van der Waals surface area contributed by atoms with E-state index in [-0.39, 0.29) is 12.5 Å². The van der Waals surface area contributed by atoms with Crippen molar-refractivity contribution >= 4 is 5.91 Å². The van der Waals surface area contributed by atoms with Gasteiger partial charge in [-0.3, -0.25) is 9.69 Å². The first kappa shape index (κ1) is 13.9. The number of rotatable bonds is 5. The number of hydrogen-bond acceptors (Lipinski definition) is 3. The van der Waals surface area contributed by atoms with E-state index in [0.29, 0.717) is 18.3 Å². The minimum absolute atomic E-state index is 0.262. The van der Waals surface area contributed by atoms with Gasteiger partial charge < -0.3 is 10.8 Å². The molecule has 1 aliphatic rings. The molecule has 0 bridgehead atoms. The first-order valence-electron chi connectivity index (χ1n) is 6.87. The van der Waals surface area contributed by atoms with Gasteiger partial charge in [0.2, 0.25) is 5.91 Å². The van der Waals surface area contributed by atoms with Gasteiger partial charge in [0.1, 0.15) is 5.75 Å². The Morgan fingerprint density at radius 1 is 1.42 bits per heavy atom. The summed E-state index contributed by atoms with van der Waals surface area (Å²) in [6, 6.07) is 6.13. The molecule has 4 heteroatoms. The summed E-state index contributed by atoms with van der Waals surface area (Å²) in [5.74, 6) is 0.0222. The van der Waals surface area contributed by atoms with Crippen LogP contribution >= 0.6 is 0 Å². The maximum Gasteiger partial charge on any atom is 0.231 e. The van der Waals surface area contributed by atoms with E-state index >= 15 is 0 Å². The van der Waals surface area contributed by atoms with Gasteiger partial charge in [0.15, 0.2) is 0 Å². The smallest absolute Gasteiger partial charge is 0.231 e. The summed E-state index contributed by atoms with van der Waals surface area (Å²) < 4.78 is 0. The number of primary amides is 1. The molecule has 0 atom stereocenters. The Balaban J connectivity index is 2.14. The van der Waals surface area contributed by atoms with Crippen LogP contribution in [0.25, 0.3) is 0 Å². The second-order valence-corrected chi connectivity index (χ2v) is 5.39. The topological polar surface area (TPSA) is 66.6 Å². The van der Waals surface area contributed by atoms with Gasteiger partial charge in [-0.25, -0.2) is 0 Å². The molecule has 0 radical (unpaired) electrons. The molecule has 0 unspecified atom stereocenters. The van der Waals surface area contributed by atoms with Crippen molar-refractivity contribution in [2.75, 3.05) is 6.54 Å². The Labute approximate surface area is 114 Å². The van der Waals surface area contributed by atoms with Gasteiger partial charge in [-0.15, -0.1) is 0 Å². The summed E-state index contributed by atoms with van der Waals surface area (Å²) >= 11 is 0. The third-order valence-electron chi connectivity index (χ3n) is 3.89. The van der Waals surface area contributed by atoms with Crippen LogP contribution < -0.4 is 5.73 Å². The number of phenols is 1. The van der Waals surface area contributed by atoms with Gasteiger partial charge in [0.05, 0.1) is 6.54 Å². The van der Waals surface area contributed by atoms with E-state index in [1.165, 1.54) is 12.8 Å². The van der Waals surface area contributed by atoms with Crippen molar-refractivity contribution in [3.63, 3.8) is 0 Å². The second kappa shape index (κ2) is 6.06. The predicted octanol–water partition coefficient (Wildman–Crippen LogP) is 1.93. The highest BCUT2D eigenvalue weighted by Crippen LogP contribution is 2.28. The lowest BCUT2D eigenvalue weighted by molar-refractivity contribution is -0.119. The van der Waals surface area contributed by atoms with Crippen LogP contribution in [0, 0.1) is 6.92 Å². The Kier molecular flexibility index (Phi) is 4.43. The quantitative estimate of drug-likeness (QED) is 0.852. The molecular formula is C15H22N2O2. The number of benzene rings is 1. The van der Waals surface area contributed by atoms with Crippen molar-refractivity contribution in [2.45, 2.75) is 45.2 Å². The summed E-state index contributed by atoms with van der Waals surface area (Å²) in [6.45, 7) is 2.73. The molecule has 4 nitrogen and oxygen atoms in total. The number of carbonyl (C=O) groups is 1. The molecule has 0 aliphatic heterocycles. The molecular weight excluding hydrogens is 240 g/mol. The lowest BCUT2D eigenvalue weighted by Crippen LogP contribution is -2.39. The minimum Gasteiger partial charge on any atom is -0.507 e. The summed E-state index contributed by atoms with van der Waals surface area (Å²) in [4.78, 5) is 13.3. The first-order valence-corrected chi connectivity index (χ1v) is 6.87. The zero-order valence-corrected chi connectivity index (χ0v) is 11.4. The van der Waals surface area contributed by atoms with Crippen LogP contribution in [0.15, 0.2) is 18.2 Å². The predicted molar refractivity (Wildman–Crippen MR) is 74.7 cm³/mol. The molecule has 104 valence electrons. The number of para-hydroxylation sites is 1. The second-order valence-electron chi connectivity index (χ2n) is 5.39. The van der Waals surface area contributed by atoms with E-state index in [4.69, 9.17) is 5.73 Å². The molecule has 0 spiro atoms. The Morgan fingerprint density at radius 3 is 2.74 bits per heavy atom. The van der Waals surface area contributed by atoms with Gasteiger partial charge in [0.25, 0.3) is 0 Å². The number of nitrogens with zero attached hydrogens (tertiary/aromatic N) is 1. The van der Waals surface area contributed by atoms with Crippen LogP contribution in [-0.4, -0.2) is 28.5 Å². The van der Waals surface area contributed by atoms with E-state index in [1.807, 2.05) is 25.1 Å². The molecule has 0 saturated heterocycles. The third kappa shape index (κ3) is 3.47. The van der Waals surface area contributed by atoms with Gasteiger partial charge in [-0.1, -0.05) is 31.0 Å². The van der Waals surface area contributed by atoms with E-state index in [9.17, 15) is 9.90 Å². The average molecular weight is 262 g/mol. The largest absolute Gasteiger partial charge is 0.507 e. The number of nitrogens with two attached hydrogens (primary N) is 1. The first-order chi connectivity index (χ1) is 9.08. The Bertz CT molecular complexity index is 453. The maximum atomic E-state index is 11.2. The van der Waals surface area contributed by atoms with E-state index in [1.54, 1.807) is 0 Å². The van der Waals surface area contributed by atoms with Gasteiger partial charge in [0, 0.05) is 18.2 Å². The van der Waals surface area contributed by atoms with Gasteiger partial charge in [-0.2, -0.15) is 0 Å². The van der Waals surface area contributed by atoms with Crippen molar-refractivity contribution in [3.05, 3.63) is 29.3 Å². The average Bonchev–Trinajstić information content (AvgIpc) is 2.87. The molecule has 0 heterocycles. The highest BCUT2D eigenvalue weighted by atomic mass is 16.3. The molecule has 0 aromatic heterocycles. The summed E-state index contributed by atoms with van der Waals surface area (Å²) in [6.07, 6.45) is 4.64. The maximum absolute atomic E-state index is 11.2. The number of hydrogen-bond donors (Lipinski definition) is 2. The fraction of sp³-hybridized carbons (Fsp3) is 0.533. The van der Waals surface area contributed by atoms with E-state index in [0.717, 1.165) is 24.0 Å². The van der Waals surface area contributed by atoms with Crippen molar-refractivity contribution in [3.8, 4) is 5.75 Å². The van der Waals surface area contributed by atoms with Crippen molar-refractivity contribution in [1.82, 2.24) is 4.90 Å². The number of carbonyl (C=O) groups excluding carboxylic acids is 1. The minimum atomic E-state index is -0.306. The molecule has 19 heavy (non-hydrogen) atoms. The zero-order valence-electron chi connectivity index (χ0n) is 11.4. The highest BCUT2D eigenvalue weighted by Gasteiger charge is 2.24. The molecule has 1 aromatic rings. The third-order valence-corrected chi connectivity index (χ3v) is 3.89. The van der Waals surface area contributed by atoms with Crippen LogP contribution in [-0.2, 0) is 11.3 Å². The van der Waals surface area contributed by atoms with Crippen molar-refractivity contribution < 1.29 is 9.90 Å². The van der Waals surface area contributed by atoms with Gasteiger partial charge >= 0.3 is 0 Å². The Hall–Kier alpha value is -1.55. The molecule has 2 rings (SSSR count). The molecule has 1 fully saturated rings. The highest BCUT2D eigenvalue weighted by molar-refractivity contribution is 5.76. The summed E-state index contributed by atoms with van der Waals surface area (Å²) in [7, 11) is 0. The van der Waals surface area contributed by atoms with Crippen molar-refractivity contribution in [2.24, 2.45) is 5.73 Å². The lowest BCUT2D eigenvalue weighted by Gasteiger charge is -2.28. The monoisotopic (exact) mass is 262 g/mol. The number of phenolic OH excluding ortho intramolecular Hbond substituents is 1. The number of aromatic hydroxyl groups is 1. The van der Waals surface area contributed by atoms with Crippen LogP contribution in [0.2, 0.25) is 0 Å². The molecule has 3 N–H and O–H groups in total. The van der Waals surface area contributed by atoms with Crippen LogP contribution in [0.1, 0.15) is 36.8 Å². The molecule has 1 aliphatic carbocycles. The number of amides is 1. The van der Waals surface area contributed by atoms with E-state index in [2.05, 4.69) is 4.90 Å². The van der Waals surface area contributed by atoms with Crippen LogP contribution in [0.4, 0.5) is 0 Å². The lowest BCUT2D eigenvalue weighted by atomic mass is 10.1. The standard InChI is InChI=1S/C15H22N2O2/c1-11-5-4-6-12(15(11)19)9-17(10-14(16)18)13-7-2-3-8-13/h4-6,13,19H,2-3,7-10H2,1H3,(H2,16,18). The number of aryl methyl sites for hydroxylation is 1. The Morgan fingerprint density at radius 2 is 2.11 bits per heavy atom. The van der Waals surface area contributed by atoms with E-state index < -0.39 is 0 Å². The molecule has 1 saturated carbocycles. The fourth-order valence-corrected chi connectivity index (χ4v) is 2.85. The SMILES string of the molecule is Cc1cccc(CN(CC(N)=O)C2CCCC2)c1O. The van der Waals surface area contributed by atoms with Crippen LogP contribution in [0.3, 0.4) is 0 Å². The molecule has 1 aromatic carbocycles. The van der Waals surface area contributed by atoms with Crippen LogP contribution in [0.5, 0.6) is 5.75 Å². The zero-order chi connectivity index (χ0) is 13.8. The summed E-state index contributed by atoms with van der Waals surface area (Å²) in [5.41, 5.74) is 7.07. The fourth-order valence-electron chi connectivity index (χ4n) is 2.85. The molecule has 1 amide bonds.